The van der Waals surface area contributed by atoms with Gasteiger partial charge in [0.25, 0.3) is 0 Å². The van der Waals surface area contributed by atoms with E-state index in [4.69, 9.17) is 0 Å². The first-order valence-corrected chi connectivity index (χ1v) is 12.5. The van der Waals surface area contributed by atoms with Crippen molar-refractivity contribution in [1.29, 1.82) is 0 Å². The SMILES string of the molecule is Cc1ccc([C@@H]2/C(=C3\C(=O)c4ccccc4[C@@H]3c3ccc(C)cc3C)C(=O)c3ccccc32)c(C)c1. The van der Waals surface area contributed by atoms with E-state index in [0.29, 0.717) is 22.3 Å². The molecule has 0 radical (unpaired) electrons. The minimum Gasteiger partial charge on any atom is -0.289 e. The van der Waals surface area contributed by atoms with Crippen molar-refractivity contribution < 1.29 is 9.59 Å². The number of aryl methyl sites for hydroxylation is 4. The van der Waals surface area contributed by atoms with E-state index in [2.05, 4.69) is 64.1 Å². The van der Waals surface area contributed by atoms with Gasteiger partial charge in [0.05, 0.1) is 0 Å². The number of hydrogen-bond acceptors (Lipinski definition) is 2. The lowest BCUT2D eigenvalue weighted by atomic mass is 9.79. The molecular formula is C34H28O2. The molecule has 2 heteroatoms. The molecule has 0 amide bonds. The number of Topliss-reactive ketones (excluding diaryl/α,β-unsaturated/α-hetero) is 2. The van der Waals surface area contributed by atoms with Gasteiger partial charge < -0.3 is 0 Å². The molecule has 176 valence electrons. The Morgan fingerprint density at radius 3 is 1.25 bits per heavy atom. The number of allylic oxidation sites excluding steroid dienone is 2. The van der Waals surface area contributed by atoms with Crippen LogP contribution < -0.4 is 0 Å². The molecule has 0 N–H and O–H groups in total. The number of carbonyl (C=O) groups is 2. The van der Waals surface area contributed by atoms with Crippen molar-refractivity contribution in [2.24, 2.45) is 0 Å². The first-order chi connectivity index (χ1) is 17.4. The lowest BCUT2D eigenvalue weighted by molar-refractivity contribution is 0.100. The smallest absolute Gasteiger partial charge is 0.190 e. The predicted molar refractivity (Wildman–Crippen MR) is 144 cm³/mol. The monoisotopic (exact) mass is 468 g/mol. The fourth-order valence-electron chi connectivity index (χ4n) is 6.28. The van der Waals surface area contributed by atoms with Gasteiger partial charge in [0.1, 0.15) is 0 Å². The maximum atomic E-state index is 14.1. The predicted octanol–water partition coefficient (Wildman–Crippen LogP) is 7.57. The second kappa shape index (κ2) is 8.27. The summed E-state index contributed by atoms with van der Waals surface area (Å²) in [4.78, 5) is 28.3. The molecule has 0 aliphatic heterocycles. The van der Waals surface area contributed by atoms with Crippen LogP contribution >= 0.6 is 0 Å². The molecule has 0 bridgehead atoms. The minimum absolute atomic E-state index is 0.0264. The molecule has 0 fully saturated rings. The van der Waals surface area contributed by atoms with Gasteiger partial charge in [0.15, 0.2) is 11.6 Å². The van der Waals surface area contributed by atoms with E-state index in [9.17, 15) is 9.59 Å². The highest BCUT2D eigenvalue weighted by molar-refractivity contribution is 6.24. The molecule has 0 saturated heterocycles. The Kier molecular flexibility index (Phi) is 5.15. The van der Waals surface area contributed by atoms with Crippen LogP contribution in [0.3, 0.4) is 0 Å². The van der Waals surface area contributed by atoms with Crippen molar-refractivity contribution in [3.63, 3.8) is 0 Å². The van der Waals surface area contributed by atoms with Crippen LogP contribution in [0.2, 0.25) is 0 Å². The minimum atomic E-state index is -0.268. The van der Waals surface area contributed by atoms with E-state index in [0.717, 1.165) is 33.4 Å². The molecule has 0 saturated carbocycles. The zero-order valence-electron chi connectivity index (χ0n) is 21.1. The molecule has 0 aromatic heterocycles. The van der Waals surface area contributed by atoms with E-state index in [1.54, 1.807) is 0 Å². The fourth-order valence-corrected chi connectivity index (χ4v) is 6.28. The number of fused-ring (bicyclic) bond motifs is 2. The third-order valence-corrected chi connectivity index (χ3v) is 7.86. The molecule has 2 aliphatic rings. The maximum absolute atomic E-state index is 14.1. The second-order valence-electron chi connectivity index (χ2n) is 10.2. The highest BCUT2D eigenvalue weighted by atomic mass is 16.1. The van der Waals surface area contributed by atoms with Crippen LogP contribution in [-0.2, 0) is 0 Å². The van der Waals surface area contributed by atoms with Crippen LogP contribution in [0.15, 0.2) is 96.1 Å². The lowest BCUT2D eigenvalue weighted by Gasteiger charge is -2.23. The van der Waals surface area contributed by atoms with Crippen LogP contribution in [0.4, 0.5) is 0 Å². The average Bonchev–Trinajstić information content (AvgIpc) is 3.30. The highest BCUT2D eigenvalue weighted by Crippen LogP contribution is 2.52. The number of carbonyl (C=O) groups excluding carboxylic acids is 2. The van der Waals surface area contributed by atoms with E-state index in [1.807, 2.05) is 48.5 Å². The van der Waals surface area contributed by atoms with Gasteiger partial charge in [-0.15, -0.1) is 0 Å². The normalized spacial score (nSPS) is 20.6. The molecule has 6 rings (SSSR count). The molecule has 0 heterocycles. The van der Waals surface area contributed by atoms with E-state index in [-0.39, 0.29) is 23.4 Å². The highest BCUT2D eigenvalue weighted by Gasteiger charge is 2.45. The standard InChI is InChI=1S/C34H28O2/c1-19-13-15-23(21(3)17-19)29-25-9-5-7-11-27(25)33(35)31(29)32-30(24-16-14-20(2)18-22(24)4)26-10-6-8-12-28(26)34(32)36/h5-18,29-30H,1-4H3/b32-31+/t29-,30-/m0/s1. The molecule has 36 heavy (non-hydrogen) atoms. The fraction of sp³-hybridized carbons (Fsp3) is 0.176. The van der Waals surface area contributed by atoms with Gasteiger partial charge in [0, 0.05) is 34.1 Å². The second-order valence-corrected chi connectivity index (χ2v) is 10.2. The Labute approximate surface area is 212 Å². The summed E-state index contributed by atoms with van der Waals surface area (Å²) < 4.78 is 0. The topological polar surface area (TPSA) is 34.1 Å². The lowest BCUT2D eigenvalue weighted by Crippen LogP contribution is -2.15. The molecular weight excluding hydrogens is 440 g/mol. The Balaban J connectivity index is 1.70. The molecule has 2 atom stereocenters. The van der Waals surface area contributed by atoms with Crippen molar-refractivity contribution in [2.45, 2.75) is 39.5 Å². The van der Waals surface area contributed by atoms with Crippen molar-refractivity contribution in [2.75, 3.05) is 0 Å². The van der Waals surface area contributed by atoms with Crippen LogP contribution in [0.25, 0.3) is 0 Å². The molecule has 2 nitrogen and oxygen atoms in total. The van der Waals surface area contributed by atoms with Crippen molar-refractivity contribution in [3.8, 4) is 0 Å². The van der Waals surface area contributed by atoms with E-state index >= 15 is 0 Å². The van der Waals surface area contributed by atoms with Gasteiger partial charge in [-0.1, -0.05) is 96.1 Å². The van der Waals surface area contributed by atoms with Crippen molar-refractivity contribution in [3.05, 3.63) is 152 Å². The Morgan fingerprint density at radius 2 is 0.861 bits per heavy atom. The maximum Gasteiger partial charge on any atom is 0.190 e. The van der Waals surface area contributed by atoms with Gasteiger partial charge in [-0.05, 0) is 61.1 Å². The van der Waals surface area contributed by atoms with Gasteiger partial charge in [-0.25, -0.2) is 0 Å². The molecule has 2 aliphatic carbocycles. The quantitative estimate of drug-likeness (QED) is 0.284. The number of hydrogen-bond donors (Lipinski definition) is 0. The van der Waals surface area contributed by atoms with Crippen LogP contribution in [0, 0.1) is 27.7 Å². The summed E-state index contributed by atoms with van der Waals surface area (Å²) in [7, 11) is 0. The zero-order chi connectivity index (χ0) is 25.1. The summed E-state index contributed by atoms with van der Waals surface area (Å²) in [6, 6.07) is 28.5. The molecule has 0 unspecified atom stereocenters. The Bertz CT molecular complexity index is 1500. The Morgan fingerprint density at radius 1 is 0.472 bits per heavy atom. The van der Waals surface area contributed by atoms with Crippen LogP contribution in [0.5, 0.6) is 0 Å². The zero-order valence-corrected chi connectivity index (χ0v) is 21.1. The van der Waals surface area contributed by atoms with Gasteiger partial charge in [-0.2, -0.15) is 0 Å². The molecule has 4 aromatic carbocycles. The largest absolute Gasteiger partial charge is 0.289 e. The molecule has 4 aromatic rings. The van der Waals surface area contributed by atoms with E-state index in [1.165, 1.54) is 11.1 Å². The first-order valence-electron chi connectivity index (χ1n) is 12.5. The summed E-state index contributed by atoms with van der Waals surface area (Å²) >= 11 is 0. The van der Waals surface area contributed by atoms with Crippen LogP contribution in [0.1, 0.15) is 77.1 Å². The summed E-state index contributed by atoms with van der Waals surface area (Å²) in [6.07, 6.45) is 0. The Hall–Kier alpha value is -4.04. The molecule has 0 spiro atoms. The summed E-state index contributed by atoms with van der Waals surface area (Å²) in [5.41, 5.74) is 11.4. The first kappa shape index (κ1) is 22.4. The summed E-state index contributed by atoms with van der Waals surface area (Å²) in [5.74, 6) is -0.588. The number of rotatable bonds is 2. The van der Waals surface area contributed by atoms with Gasteiger partial charge >= 0.3 is 0 Å². The third kappa shape index (κ3) is 3.25. The van der Waals surface area contributed by atoms with Gasteiger partial charge in [-0.3, -0.25) is 9.59 Å². The van der Waals surface area contributed by atoms with Gasteiger partial charge in [0.2, 0.25) is 0 Å². The number of ketones is 2. The van der Waals surface area contributed by atoms with Crippen LogP contribution in [-0.4, -0.2) is 11.6 Å². The van der Waals surface area contributed by atoms with Crippen molar-refractivity contribution >= 4 is 11.6 Å². The van der Waals surface area contributed by atoms with E-state index < -0.39 is 0 Å². The number of benzene rings is 4. The third-order valence-electron chi connectivity index (χ3n) is 7.86. The average molecular weight is 469 g/mol. The van der Waals surface area contributed by atoms with Crippen molar-refractivity contribution in [1.82, 2.24) is 0 Å². The summed E-state index contributed by atoms with van der Waals surface area (Å²) in [6.45, 7) is 8.36. The summed E-state index contributed by atoms with van der Waals surface area (Å²) in [5, 5.41) is 0.